The van der Waals surface area contributed by atoms with Crippen LogP contribution in [0.1, 0.15) is 43.9 Å². The lowest BCUT2D eigenvalue weighted by atomic mass is 9.95. The number of hydrogen-bond donors (Lipinski definition) is 1. The van der Waals surface area contributed by atoms with Gasteiger partial charge in [0.15, 0.2) is 0 Å². The van der Waals surface area contributed by atoms with Gasteiger partial charge in [0.05, 0.1) is 0 Å². The zero-order valence-corrected chi connectivity index (χ0v) is 11.1. The minimum absolute atomic E-state index is 0.569. The molecule has 1 atom stereocenters. The van der Waals surface area contributed by atoms with Crippen LogP contribution in [-0.4, -0.2) is 24.5 Å². The maximum absolute atomic E-state index is 3.55. The van der Waals surface area contributed by atoms with E-state index in [0.29, 0.717) is 6.04 Å². The standard InChI is InChI=1S/C15H24N2/c1-3-9-17(10-4-2)15-12-16-11-13-7-5-6-8-14(13)15/h5-8,15-16H,3-4,9-12H2,1-2H3/t15-/m0/s1. The van der Waals surface area contributed by atoms with E-state index in [1.807, 2.05) is 0 Å². The lowest BCUT2D eigenvalue weighted by molar-refractivity contribution is 0.185. The highest BCUT2D eigenvalue weighted by atomic mass is 15.2. The van der Waals surface area contributed by atoms with Gasteiger partial charge in [-0.15, -0.1) is 0 Å². The van der Waals surface area contributed by atoms with Crippen LogP contribution in [0.2, 0.25) is 0 Å². The molecule has 0 amide bonds. The Morgan fingerprint density at radius 2 is 1.88 bits per heavy atom. The molecule has 0 bridgehead atoms. The zero-order valence-electron chi connectivity index (χ0n) is 11.1. The lowest BCUT2D eigenvalue weighted by Gasteiger charge is -2.36. The number of benzene rings is 1. The second-order valence-corrected chi connectivity index (χ2v) is 4.88. The van der Waals surface area contributed by atoms with Gasteiger partial charge in [0, 0.05) is 19.1 Å². The Morgan fingerprint density at radius 3 is 2.59 bits per heavy atom. The summed E-state index contributed by atoms with van der Waals surface area (Å²) in [4.78, 5) is 2.63. The largest absolute Gasteiger partial charge is 0.311 e. The van der Waals surface area contributed by atoms with Crippen molar-refractivity contribution >= 4 is 0 Å². The molecule has 1 aromatic rings. The van der Waals surface area contributed by atoms with Crippen molar-refractivity contribution in [3.63, 3.8) is 0 Å². The predicted octanol–water partition coefficient (Wildman–Crippen LogP) is 2.95. The Morgan fingerprint density at radius 1 is 1.18 bits per heavy atom. The van der Waals surface area contributed by atoms with Gasteiger partial charge >= 0.3 is 0 Å². The molecule has 0 saturated carbocycles. The SMILES string of the molecule is CCCN(CCC)[C@H]1CNCc2ccccc21. The minimum atomic E-state index is 0.569. The third-order valence-electron chi connectivity index (χ3n) is 3.53. The van der Waals surface area contributed by atoms with Crippen LogP contribution in [0, 0.1) is 0 Å². The maximum atomic E-state index is 3.55. The molecule has 1 aromatic carbocycles. The van der Waals surface area contributed by atoms with Crippen LogP contribution in [0.4, 0.5) is 0 Å². The molecular weight excluding hydrogens is 208 g/mol. The van der Waals surface area contributed by atoms with Crippen LogP contribution in [0.3, 0.4) is 0 Å². The van der Waals surface area contributed by atoms with Gasteiger partial charge < -0.3 is 5.32 Å². The van der Waals surface area contributed by atoms with E-state index >= 15 is 0 Å². The van der Waals surface area contributed by atoms with Gasteiger partial charge in [0.2, 0.25) is 0 Å². The third-order valence-corrected chi connectivity index (χ3v) is 3.53. The second kappa shape index (κ2) is 6.18. The molecule has 0 radical (unpaired) electrons. The van der Waals surface area contributed by atoms with E-state index in [0.717, 1.165) is 13.1 Å². The minimum Gasteiger partial charge on any atom is -0.311 e. The quantitative estimate of drug-likeness (QED) is 0.839. The average molecular weight is 232 g/mol. The summed E-state index contributed by atoms with van der Waals surface area (Å²) >= 11 is 0. The number of nitrogens with one attached hydrogen (secondary N) is 1. The Bertz CT molecular complexity index is 343. The van der Waals surface area contributed by atoms with Crippen LogP contribution in [0.15, 0.2) is 24.3 Å². The average Bonchev–Trinajstić information content (AvgIpc) is 2.38. The fourth-order valence-corrected chi connectivity index (χ4v) is 2.80. The molecule has 0 spiro atoms. The molecule has 2 rings (SSSR count). The molecule has 2 heteroatoms. The van der Waals surface area contributed by atoms with Crippen molar-refractivity contribution in [3.8, 4) is 0 Å². The molecule has 0 aromatic heterocycles. The van der Waals surface area contributed by atoms with Gasteiger partial charge in [0.1, 0.15) is 0 Å². The van der Waals surface area contributed by atoms with Crippen LogP contribution in [0.5, 0.6) is 0 Å². The lowest BCUT2D eigenvalue weighted by Crippen LogP contribution is -2.40. The Labute approximate surface area is 105 Å². The monoisotopic (exact) mass is 232 g/mol. The molecule has 0 unspecified atom stereocenters. The summed E-state index contributed by atoms with van der Waals surface area (Å²) < 4.78 is 0. The Balaban J connectivity index is 2.20. The molecule has 2 nitrogen and oxygen atoms in total. The van der Waals surface area contributed by atoms with E-state index in [-0.39, 0.29) is 0 Å². The fraction of sp³-hybridized carbons (Fsp3) is 0.600. The number of fused-ring (bicyclic) bond motifs is 1. The van der Waals surface area contributed by atoms with Gasteiger partial charge in [-0.1, -0.05) is 38.1 Å². The first-order chi connectivity index (χ1) is 8.36. The van der Waals surface area contributed by atoms with Crippen LogP contribution in [-0.2, 0) is 6.54 Å². The van der Waals surface area contributed by atoms with Gasteiger partial charge in [-0.2, -0.15) is 0 Å². The normalized spacial score (nSPS) is 19.4. The summed E-state index contributed by atoms with van der Waals surface area (Å²) in [6.07, 6.45) is 2.47. The van der Waals surface area contributed by atoms with Crippen molar-refractivity contribution < 1.29 is 0 Å². The van der Waals surface area contributed by atoms with Crippen LogP contribution < -0.4 is 5.32 Å². The molecule has 0 aliphatic carbocycles. The maximum Gasteiger partial charge on any atom is 0.0475 e. The second-order valence-electron chi connectivity index (χ2n) is 4.88. The highest BCUT2D eigenvalue weighted by Crippen LogP contribution is 2.27. The van der Waals surface area contributed by atoms with Gasteiger partial charge in [-0.3, -0.25) is 4.90 Å². The number of nitrogens with zero attached hydrogens (tertiary/aromatic N) is 1. The van der Waals surface area contributed by atoms with Crippen molar-refractivity contribution in [2.45, 2.75) is 39.3 Å². The van der Waals surface area contributed by atoms with E-state index in [4.69, 9.17) is 0 Å². The summed E-state index contributed by atoms with van der Waals surface area (Å²) in [5.74, 6) is 0. The van der Waals surface area contributed by atoms with Crippen molar-refractivity contribution in [1.82, 2.24) is 10.2 Å². The molecular formula is C15H24N2. The molecule has 0 fully saturated rings. The van der Waals surface area contributed by atoms with E-state index in [9.17, 15) is 0 Å². The Kier molecular flexibility index (Phi) is 4.57. The van der Waals surface area contributed by atoms with Crippen molar-refractivity contribution in [2.75, 3.05) is 19.6 Å². The van der Waals surface area contributed by atoms with E-state index < -0.39 is 0 Å². The molecule has 1 heterocycles. The first kappa shape index (κ1) is 12.6. The third kappa shape index (κ3) is 2.88. The van der Waals surface area contributed by atoms with E-state index in [1.165, 1.54) is 37.1 Å². The van der Waals surface area contributed by atoms with Crippen LogP contribution >= 0.6 is 0 Å². The number of rotatable bonds is 5. The molecule has 1 aliphatic rings. The molecule has 1 N–H and O–H groups in total. The summed E-state index contributed by atoms with van der Waals surface area (Å²) in [6, 6.07) is 9.45. The van der Waals surface area contributed by atoms with Crippen LogP contribution in [0.25, 0.3) is 0 Å². The zero-order chi connectivity index (χ0) is 12.1. The summed E-state index contributed by atoms with van der Waals surface area (Å²) in [7, 11) is 0. The Hall–Kier alpha value is -0.860. The first-order valence-corrected chi connectivity index (χ1v) is 6.89. The predicted molar refractivity (Wildman–Crippen MR) is 73.0 cm³/mol. The smallest absolute Gasteiger partial charge is 0.0475 e. The summed E-state index contributed by atoms with van der Waals surface area (Å²) in [5.41, 5.74) is 3.01. The highest BCUT2D eigenvalue weighted by molar-refractivity contribution is 5.32. The van der Waals surface area contributed by atoms with E-state index in [2.05, 4.69) is 48.3 Å². The van der Waals surface area contributed by atoms with Crippen molar-refractivity contribution in [2.24, 2.45) is 0 Å². The molecule has 1 aliphatic heterocycles. The van der Waals surface area contributed by atoms with Gasteiger partial charge in [-0.05, 0) is 37.1 Å². The van der Waals surface area contributed by atoms with E-state index in [1.54, 1.807) is 0 Å². The molecule has 17 heavy (non-hydrogen) atoms. The summed E-state index contributed by atoms with van der Waals surface area (Å²) in [6.45, 7) is 9.06. The topological polar surface area (TPSA) is 15.3 Å². The fourth-order valence-electron chi connectivity index (χ4n) is 2.80. The van der Waals surface area contributed by atoms with Gasteiger partial charge in [0.25, 0.3) is 0 Å². The highest BCUT2D eigenvalue weighted by Gasteiger charge is 2.24. The molecule has 0 saturated heterocycles. The van der Waals surface area contributed by atoms with Crippen molar-refractivity contribution in [1.29, 1.82) is 0 Å². The van der Waals surface area contributed by atoms with Gasteiger partial charge in [-0.25, -0.2) is 0 Å². The summed E-state index contributed by atoms with van der Waals surface area (Å²) in [5, 5.41) is 3.55. The number of hydrogen-bond acceptors (Lipinski definition) is 2. The first-order valence-electron chi connectivity index (χ1n) is 6.89. The molecule has 94 valence electrons. The van der Waals surface area contributed by atoms with Crippen molar-refractivity contribution in [3.05, 3.63) is 35.4 Å².